The summed E-state index contributed by atoms with van der Waals surface area (Å²) < 4.78 is 0. The number of carbonyl (C=O) groups excluding carboxylic acids is 1. The Kier molecular flexibility index (Phi) is 2.25. The first kappa shape index (κ1) is 7.52. The zero-order valence-corrected chi connectivity index (χ0v) is 6.74. The summed E-state index contributed by atoms with van der Waals surface area (Å²) in [5, 5.41) is 0. The topological polar surface area (TPSA) is 17.1 Å². The van der Waals surface area contributed by atoms with Crippen molar-refractivity contribution in [3.8, 4) is 0 Å². The van der Waals surface area contributed by atoms with Crippen LogP contribution in [0.25, 0.3) is 0 Å². The van der Waals surface area contributed by atoms with Gasteiger partial charge in [0.15, 0.2) is 0 Å². The van der Waals surface area contributed by atoms with Crippen molar-refractivity contribution < 1.29 is 4.79 Å². The second-order valence-corrected chi connectivity index (χ2v) is 3.10. The molecule has 0 aromatic rings. The van der Waals surface area contributed by atoms with Gasteiger partial charge in [0.1, 0.15) is 5.78 Å². The molecule has 0 unspecified atom stereocenters. The fourth-order valence-corrected chi connectivity index (χ4v) is 1.21. The summed E-state index contributed by atoms with van der Waals surface area (Å²) in [6.07, 6.45) is 3.52. The highest BCUT2D eigenvalue weighted by Gasteiger charge is 2.09. The maximum Gasteiger partial charge on any atom is 0.133 e. The zero-order valence-electron chi connectivity index (χ0n) is 6.74. The monoisotopic (exact) mass is 138 g/mol. The standard InChI is InChI=1S/C9H14O/c1-7-3-5-9(10)6-4-8(7)2/h3-6H2,1-2H3. The van der Waals surface area contributed by atoms with E-state index < -0.39 is 0 Å². The van der Waals surface area contributed by atoms with Crippen molar-refractivity contribution in [1.82, 2.24) is 0 Å². The Labute approximate surface area is 62.1 Å². The van der Waals surface area contributed by atoms with Gasteiger partial charge in [0.25, 0.3) is 0 Å². The molecular weight excluding hydrogens is 124 g/mol. The summed E-state index contributed by atoms with van der Waals surface area (Å²) >= 11 is 0. The van der Waals surface area contributed by atoms with Gasteiger partial charge in [-0.05, 0) is 26.7 Å². The van der Waals surface area contributed by atoms with Crippen molar-refractivity contribution in [3.63, 3.8) is 0 Å². The lowest BCUT2D eigenvalue weighted by Gasteiger charge is -1.98. The Morgan fingerprint density at radius 2 is 1.30 bits per heavy atom. The van der Waals surface area contributed by atoms with Crippen LogP contribution in [0.3, 0.4) is 0 Å². The molecule has 1 aliphatic carbocycles. The molecule has 1 heteroatoms. The van der Waals surface area contributed by atoms with Crippen LogP contribution in [-0.2, 0) is 4.79 Å². The van der Waals surface area contributed by atoms with Gasteiger partial charge in [-0.25, -0.2) is 0 Å². The van der Waals surface area contributed by atoms with E-state index in [-0.39, 0.29) is 0 Å². The summed E-state index contributed by atoms with van der Waals surface area (Å²) in [7, 11) is 0. The van der Waals surface area contributed by atoms with Crippen molar-refractivity contribution in [2.75, 3.05) is 0 Å². The number of hydrogen-bond acceptors (Lipinski definition) is 1. The van der Waals surface area contributed by atoms with Crippen LogP contribution in [-0.4, -0.2) is 5.78 Å². The SMILES string of the molecule is CC1=C(C)CCC(=O)CC1. The number of carbonyl (C=O) groups is 1. The predicted molar refractivity (Wildman–Crippen MR) is 41.8 cm³/mol. The fourth-order valence-electron chi connectivity index (χ4n) is 1.21. The first-order valence-corrected chi connectivity index (χ1v) is 3.87. The van der Waals surface area contributed by atoms with Crippen LogP contribution in [0, 0.1) is 0 Å². The summed E-state index contributed by atoms with van der Waals surface area (Å²) in [6, 6.07) is 0. The maximum atomic E-state index is 10.9. The first-order valence-electron chi connectivity index (χ1n) is 3.87. The Balaban J connectivity index is 2.64. The Morgan fingerprint density at radius 1 is 0.900 bits per heavy atom. The third-order valence-electron chi connectivity index (χ3n) is 2.29. The van der Waals surface area contributed by atoms with Crippen molar-refractivity contribution in [1.29, 1.82) is 0 Å². The van der Waals surface area contributed by atoms with Crippen molar-refractivity contribution in [3.05, 3.63) is 11.1 Å². The zero-order chi connectivity index (χ0) is 7.56. The lowest BCUT2D eigenvalue weighted by Crippen LogP contribution is -1.93. The normalized spacial score (nSPS) is 21.2. The van der Waals surface area contributed by atoms with E-state index in [9.17, 15) is 4.79 Å². The molecule has 0 heterocycles. The minimum Gasteiger partial charge on any atom is -0.300 e. The van der Waals surface area contributed by atoms with Crippen LogP contribution in [0.1, 0.15) is 39.5 Å². The molecule has 56 valence electrons. The van der Waals surface area contributed by atoms with Crippen molar-refractivity contribution >= 4 is 5.78 Å². The number of Topliss-reactive ketones (excluding diaryl/α,β-unsaturated/α-hetero) is 1. The Bertz CT molecular complexity index is 159. The highest BCUT2D eigenvalue weighted by Crippen LogP contribution is 2.20. The van der Waals surface area contributed by atoms with Gasteiger partial charge in [0.2, 0.25) is 0 Å². The third kappa shape index (κ3) is 1.69. The minimum absolute atomic E-state index is 0.427. The summed E-state index contributed by atoms with van der Waals surface area (Å²) in [6.45, 7) is 4.27. The van der Waals surface area contributed by atoms with Gasteiger partial charge in [0, 0.05) is 12.8 Å². The molecule has 10 heavy (non-hydrogen) atoms. The number of ketones is 1. The fraction of sp³-hybridized carbons (Fsp3) is 0.667. The van der Waals surface area contributed by atoms with Gasteiger partial charge in [-0.1, -0.05) is 11.1 Å². The minimum atomic E-state index is 0.427. The summed E-state index contributed by atoms with van der Waals surface area (Å²) in [4.78, 5) is 10.9. The average molecular weight is 138 g/mol. The molecule has 0 bridgehead atoms. The molecule has 0 aromatic carbocycles. The van der Waals surface area contributed by atoms with Gasteiger partial charge in [0.05, 0.1) is 0 Å². The molecule has 1 nitrogen and oxygen atoms in total. The molecule has 0 aromatic heterocycles. The Morgan fingerprint density at radius 3 is 1.70 bits per heavy atom. The highest BCUT2D eigenvalue weighted by molar-refractivity contribution is 5.79. The molecule has 0 fully saturated rings. The van der Waals surface area contributed by atoms with E-state index in [0.29, 0.717) is 5.78 Å². The molecule has 1 aliphatic rings. The van der Waals surface area contributed by atoms with E-state index in [1.165, 1.54) is 11.1 Å². The molecule has 0 amide bonds. The van der Waals surface area contributed by atoms with E-state index in [1.807, 2.05) is 0 Å². The second kappa shape index (κ2) is 3.00. The number of allylic oxidation sites excluding steroid dienone is 2. The lowest BCUT2D eigenvalue weighted by molar-refractivity contribution is -0.118. The third-order valence-corrected chi connectivity index (χ3v) is 2.29. The molecule has 0 N–H and O–H groups in total. The largest absolute Gasteiger partial charge is 0.300 e. The molecular formula is C9H14O. The summed E-state index contributed by atoms with van der Waals surface area (Å²) in [5.74, 6) is 0.427. The number of rotatable bonds is 0. The van der Waals surface area contributed by atoms with Gasteiger partial charge < -0.3 is 0 Å². The van der Waals surface area contributed by atoms with Gasteiger partial charge >= 0.3 is 0 Å². The maximum absolute atomic E-state index is 10.9. The van der Waals surface area contributed by atoms with Gasteiger partial charge in [-0.3, -0.25) is 4.79 Å². The van der Waals surface area contributed by atoms with Crippen LogP contribution < -0.4 is 0 Å². The molecule has 0 radical (unpaired) electrons. The molecule has 0 saturated carbocycles. The molecule has 0 spiro atoms. The van der Waals surface area contributed by atoms with Gasteiger partial charge in [-0.15, -0.1) is 0 Å². The van der Waals surface area contributed by atoms with Crippen LogP contribution in [0.15, 0.2) is 11.1 Å². The molecule has 0 aliphatic heterocycles. The number of hydrogen-bond donors (Lipinski definition) is 0. The summed E-state index contributed by atoms with van der Waals surface area (Å²) in [5.41, 5.74) is 2.84. The smallest absolute Gasteiger partial charge is 0.133 e. The van der Waals surface area contributed by atoms with E-state index in [0.717, 1.165) is 25.7 Å². The van der Waals surface area contributed by atoms with E-state index in [1.54, 1.807) is 0 Å². The molecule has 0 saturated heterocycles. The molecule has 0 atom stereocenters. The van der Waals surface area contributed by atoms with E-state index in [4.69, 9.17) is 0 Å². The van der Waals surface area contributed by atoms with Crippen molar-refractivity contribution in [2.45, 2.75) is 39.5 Å². The van der Waals surface area contributed by atoms with Crippen LogP contribution >= 0.6 is 0 Å². The molecule has 1 rings (SSSR count). The first-order chi connectivity index (χ1) is 4.70. The van der Waals surface area contributed by atoms with Crippen LogP contribution in [0.5, 0.6) is 0 Å². The second-order valence-electron chi connectivity index (χ2n) is 3.10. The van der Waals surface area contributed by atoms with Gasteiger partial charge in [-0.2, -0.15) is 0 Å². The van der Waals surface area contributed by atoms with Crippen molar-refractivity contribution in [2.24, 2.45) is 0 Å². The highest BCUT2D eigenvalue weighted by atomic mass is 16.1. The average Bonchev–Trinajstić information content (AvgIpc) is 2.04. The predicted octanol–water partition coefficient (Wildman–Crippen LogP) is 2.47. The van der Waals surface area contributed by atoms with Crippen LogP contribution in [0.2, 0.25) is 0 Å². The van der Waals surface area contributed by atoms with E-state index >= 15 is 0 Å². The quantitative estimate of drug-likeness (QED) is 0.470. The van der Waals surface area contributed by atoms with E-state index in [2.05, 4.69) is 13.8 Å². The van der Waals surface area contributed by atoms with Crippen LogP contribution in [0.4, 0.5) is 0 Å². The Hall–Kier alpha value is -0.590. The lowest BCUT2D eigenvalue weighted by atomic mass is 10.1.